The number of amides is 2. The van der Waals surface area contributed by atoms with Crippen LogP contribution in [0.1, 0.15) is 32.0 Å². The molecule has 0 atom stereocenters. The van der Waals surface area contributed by atoms with Gasteiger partial charge in [0.15, 0.2) is 0 Å². The third-order valence-corrected chi connectivity index (χ3v) is 3.39. The van der Waals surface area contributed by atoms with E-state index in [1.54, 1.807) is 36.1 Å². The van der Waals surface area contributed by atoms with Gasteiger partial charge >= 0.3 is 0 Å². The minimum atomic E-state index is -0.452. The molecular weight excluding hydrogens is 268 g/mol. The van der Waals surface area contributed by atoms with Crippen molar-refractivity contribution in [2.75, 3.05) is 6.54 Å². The normalized spacial score (nSPS) is 10.4. The van der Waals surface area contributed by atoms with Gasteiger partial charge < -0.3 is 11.1 Å². The first-order valence-electron chi connectivity index (χ1n) is 6.64. The van der Waals surface area contributed by atoms with Crippen molar-refractivity contribution in [3.63, 3.8) is 0 Å². The molecule has 6 nitrogen and oxygen atoms in total. The summed E-state index contributed by atoms with van der Waals surface area (Å²) >= 11 is 0. The molecule has 2 amide bonds. The molecule has 0 radical (unpaired) electrons. The zero-order valence-electron chi connectivity index (χ0n) is 12.1. The van der Waals surface area contributed by atoms with Crippen molar-refractivity contribution in [2.24, 2.45) is 12.8 Å². The van der Waals surface area contributed by atoms with Gasteiger partial charge in [-0.3, -0.25) is 14.3 Å². The average Bonchev–Trinajstić information content (AvgIpc) is 2.79. The number of aromatic nitrogens is 2. The van der Waals surface area contributed by atoms with E-state index in [1.807, 2.05) is 13.0 Å². The zero-order chi connectivity index (χ0) is 15.4. The molecule has 6 heteroatoms. The maximum Gasteiger partial charge on any atom is 0.254 e. The number of nitrogens with zero attached hydrogens (tertiary/aromatic N) is 2. The number of primary amides is 1. The first-order chi connectivity index (χ1) is 9.99. The molecule has 1 aromatic heterocycles. The Morgan fingerprint density at radius 1 is 1.38 bits per heavy atom. The Morgan fingerprint density at radius 3 is 2.76 bits per heavy atom. The lowest BCUT2D eigenvalue weighted by atomic mass is 10.1. The molecule has 0 fully saturated rings. The van der Waals surface area contributed by atoms with E-state index in [2.05, 4.69) is 10.4 Å². The van der Waals surface area contributed by atoms with E-state index in [1.165, 1.54) is 0 Å². The lowest BCUT2D eigenvalue weighted by Crippen LogP contribution is -2.26. The summed E-state index contributed by atoms with van der Waals surface area (Å²) in [6.07, 6.45) is 2.19. The molecule has 1 aromatic carbocycles. The molecule has 1 heterocycles. The molecule has 3 N–H and O–H groups in total. The van der Waals surface area contributed by atoms with Crippen molar-refractivity contribution < 1.29 is 9.59 Å². The van der Waals surface area contributed by atoms with Crippen LogP contribution in [0.3, 0.4) is 0 Å². The molecular formula is C15H18N4O2. The average molecular weight is 286 g/mol. The second-order valence-electron chi connectivity index (χ2n) is 4.84. The quantitative estimate of drug-likeness (QED) is 0.852. The molecule has 0 aliphatic rings. The van der Waals surface area contributed by atoms with Gasteiger partial charge in [0.05, 0.1) is 11.8 Å². The monoisotopic (exact) mass is 286 g/mol. The summed E-state index contributed by atoms with van der Waals surface area (Å²) in [5.74, 6) is -0.599. The van der Waals surface area contributed by atoms with Gasteiger partial charge in [-0.2, -0.15) is 5.10 Å². The zero-order valence-corrected chi connectivity index (χ0v) is 12.1. The number of aryl methyl sites for hydroxylation is 1. The predicted octanol–water partition coefficient (Wildman–Crippen LogP) is 0.800. The van der Waals surface area contributed by atoms with Crippen LogP contribution in [-0.4, -0.2) is 28.1 Å². The summed E-state index contributed by atoms with van der Waals surface area (Å²) in [6, 6.07) is 7.09. The SMILES string of the molecule is Cc1c(C(=O)NCCc2cccc(C(N)=O)c2)cnn1C. The second-order valence-corrected chi connectivity index (χ2v) is 4.84. The van der Waals surface area contributed by atoms with Gasteiger partial charge in [-0.1, -0.05) is 12.1 Å². The highest BCUT2D eigenvalue weighted by atomic mass is 16.2. The summed E-state index contributed by atoms with van der Waals surface area (Å²) in [6.45, 7) is 2.33. The molecule has 110 valence electrons. The number of carbonyl (C=O) groups excluding carboxylic acids is 2. The fourth-order valence-electron chi connectivity index (χ4n) is 2.02. The highest BCUT2D eigenvalue weighted by Crippen LogP contribution is 2.07. The van der Waals surface area contributed by atoms with E-state index in [0.717, 1.165) is 11.3 Å². The van der Waals surface area contributed by atoms with Crippen molar-refractivity contribution >= 4 is 11.8 Å². The molecule has 0 aliphatic carbocycles. The predicted molar refractivity (Wildman–Crippen MR) is 78.9 cm³/mol. The number of nitrogens with two attached hydrogens (primary N) is 1. The minimum absolute atomic E-state index is 0.147. The molecule has 21 heavy (non-hydrogen) atoms. The number of hydrogen-bond donors (Lipinski definition) is 2. The van der Waals surface area contributed by atoms with Gasteiger partial charge in [0.2, 0.25) is 5.91 Å². The maximum atomic E-state index is 12.0. The number of benzene rings is 1. The van der Waals surface area contributed by atoms with Gasteiger partial charge in [0.1, 0.15) is 0 Å². The number of carbonyl (C=O) groups is 2. The Hall–Kier alpha value is -2.63. The summed E-state index contributed by atoms with van der Waals surface area (Å²) in [4.78, 5) is 23.1. The van der Waals surface area contributed by atoms with Crippen LogP contribution < -0.4 is 11.1 Å². The van der Waals surface area contributed by atoms with Crippen LogP contribution in [0.15, 0.2) is 30.5 Å². The Morgan fingerprint density at radius 2 is 2.14 bits per heavy atom. The van der Waals surface area contributed by atoms with Crippen LogP contribution in [0.5, 0.6) is 0 Å². The summed E-state index contributed by atoms with van der Waals surface area (Å²) < 4.78 is 1.66. The molecule has 2 rings (SSSR count). The number of hydrogen-bond acceptors (Lipinski definition) is 3. The van der Waals surface area contributed by atoms with Gasteiger partial charge in [0.25, 0.3) is 5.91 Å². The first kappa shape index (κ1) is 14.8. The van der Waals surface area contributed by atoms with Crippen molar-refractivity contribution in [3.05, 3.63) is 52.8 Å². The summed E-state index contributed by atoms with van der Waals surface area (Å²) in [5.41, 5.74) is 8.06. The van der Waals surface area contributed by atoms with Gasteiger partial charge in [-0.05, 0) is 31.0 Å². The fraction of sp³-hybridized carbons (Fsp3) is 0.267. The number of rotatable bonds is 5. The molecule has 0 bridgehead atoms. The van der Waals surface area contributed by atoms with E-state index in [-0.39, 0.29) is 5.91 Å². The first-order valence-corrected chi connectivity index (χ1v) is 6.64. The van der Waals surface area contributed by atoms with Crippen LogP contribution in [0.4, 0.5) is 0 Å². The van der Waals surface area contributed by atoms with E-state index >= 15 is 0 Å². The second kappa shape index (κ2) is 6.21. The summed E-state index contributed by atoms with van der Waals surface area (Å²) in [5, 5.41) is 6.88. The van der Waals surface area contributed by atoms with Crippen LogP contribution in [0.25, 0.3) is 0 Å². The van der Waals surface area contributed by atoms with Gasteiger partial charge in [-0.15, -0.1) is 0 Å². The third kappa shape index (κ3) is 3.47. The minimum Gasteiger partial charge on any atom is -0.366 e. The van der Waals surface area contributed by atoms with Crippen LogP contribution >= 0.6 is 0 Å². The molecule has 2 aromatic rings. The largest absolute Gasteiger partial charge is 0.366 e. The lowest BCUT2D eigenvalue weighted by molar-refractivity contribution is 0.0951. The van der Waals surface area contributed by atoms with Crippen LogP contribution in [0, 0.1) is 6.92 Å². The fourth-order valence-corrected chi connectivity index (χ4v) is 2.02. The van der Waals surface area contributed by atoms with Gasteiger partial charge in [0, 0.05) is 24.8 Å². The topological polar surface area (TPSA) is 90.0 Å². The molecule has 0 saturated carbocycles. The van der Waals surface area contributed by atoms with Crippen molar-refractivity contribution in [3.8, 4) is 0 Å². The Kier molecular flexibility index (Phi) is 4.37. The highest BCUT2D eigenvalue weighted by molar-refractivity contribution is 5.95. The molecule has 0 spiro atoms. The van der Waals surface area contributed by atoms with Crippen molar-refractivity contribution in [1.82, 2.24) is 15.1 Å². The molecule has 0 unspecified atom stereocenters. The maximum absolute atomic E-state index is 12.0. The summed E-state index contributed by atoms with van der Waals surface area (Å²) in [7, 11) is 1.79. The highest BCUT2D eigenvalue weighted by Gasteiger charge is 2.12. The lowest BCUT2D eigenvalue weighted by Gasteiger charge is -2.06. The van der Waals surface area contributed by atoms with Crippen LogP contribution in [0.2, 0.25) is 0 Å². The standard InChI is InChI=1S/C15H18N4O2/c1-10-13(9-18-19(10)2)15(21)17-7-6-11-4-3-5-12(8-11)14(16)20/h3-5,8-9H,6-7H2,1-2H3,(H2,16,20)(H,17,21). The molecule has 0 saturated heterocycles. The Labute approximate surface area is 122 Å². The Bertz CT molecular complexity index is 676. The van der Waals surface area contributed by atoms with E-state index in [4.69, 9.17) is 5.73 Å². The van der Waals surface area contributed by atoms with Crippen LogP contribution in [-0.2, 0) is 13.5 Å². The number of nitrogens with one attached hydrogen (secondary N) is 1. The third-order valence-electron chi connectivity index (χ3n) is 3.39. The van der Waals surface area contributed by atoms with E-state index < -0.39 is 5.91 Å². The smallest absolute Gasteiger partial charge is 0.254 e. The van der Waals surface area contributed by atoms with Crippen molar-refractivity contribution in [2.45, 2.75) is 13.3 Å². The molecule has 0 aliphatic heterocycles. The van der Waals surface area contributed by atoms with Crippen molar-refractivity contribution in [1.29, 1.82) is 0 Å². The van der Waals surface area contributed by atoms with E-state index in [9.17, 15) is 9.59 Å². The Balaban J connectivity index is 1.92. The van der Waals surface area contributed by atoms with Gasteiger partial charge in [-0.25, -0.2) is 0 Å². The van der Waals surface area contributed by atoms with E-state index in [0.29, 0.717) is 24.1 Å².